The largest absolute Gasteiger partial charge is 0.353 e. The maximum absolute atomic E-state index is 11.3. The van der Waals surface area contributed by atoms with Crippen LogP contribution in [0.1, 0.15) is 19.4 Å². The van der Waals surface area contributed by atoms with Crippen molar-refractivity contribution in [3.8, 4) is 0 Å². The summed E-state index contributed by atoms with van der Waals surface area (Å²) in [6, 6.07) is 3.86. The van der Waals surface area contributed by atoms with E-state index in [9.17, 15) is 4.79 Å². The number of aromatic nitrogens is 1. The van der Waals surface area contributed by atoms with Crippen LogP contribution in [0.3, 0.4) is 0 Å². The van der Waals surface area contributed by atoms with Crippen molar-refractivity contribution in [3.05, 3.63) is 29.0 Å². The molecule has 1 aromatic rings. The first-order valence-electron chi connectivity index (χ1n) is 5.19. The van der Waals surface area contributed by atoms with E-state index >= 15 is 0 Å². The highest BCUT2D eigenvalue weighted by atomic mass is 35.5. The van der Waals surface area contributed by atoms with Gasteiger partial charge in [-0.15, -0.1) is 12.4 Å². The lowest BCUT2D eigenvalue weighted by atomic mass is 10.3. The number of nitrogens with zero attached hydrogens (tertiary/aromatic N) is 1. The summed E-state index contributed by atoms with van der Waals surface area (Å²) in [6.45, 7) is 4.67. The Morgan fingerprint density at radius 3 is 2.82 bits per heavy atom. The van der Waals surface area contributed by atoms with Crippen LogP contribution in [0.5, 0.6) is 0 Å². The molecule has 6 heteroatoms. The topological polar surface area (TPSA) is 54.0 Å². The Labute approximate surface area is 113 Å². The van der Waals surface area contributed by atoms with Crippen molar-refractivity contribution in [1.82, 2.24) is 15.6 Å². The van der Waals surface area contributed by atoms with Gasteiger partial charge in [-0.3, -0.25) is 4.79 Å². The van der Waals surface area contributed by atoms with E-state index in [1.807, 2.05) is 26.0 Å². The Kier molecular flexibility index (Phi) is 7.87. The highest BCUT2D eigenvalue weighted by molar-refractivity contribution is 6.30. The molecule has 0 saturated carbocycles. The van der Waals surface area contributed by atoms with Gasteiger partial charge in [0.2, 0.25) is 5.91 Å². The standard InChI is InChI=1S/C11H16ClN3O.ClH/c1-8(2)15-10(16)7-13-6-9-4-3-5-14-11(9)12;/h3-5,8,13H,6-7H2,1-2H3,(H,15,16);1H. The van der Waals surface area contributed by atoms with Crippen molar-refractivity contribution < 1.29 is 4.79 Å². The molecule has 0 fully saturated rings. The third-order valence-electron chi connectivity index (χ3n) is 1.89. The van der Waals surface area contributed by atoms with Crippen molar-refractivity contribution in [1.29, 1.82) is 0 Å². The van der Waals surface area contributed by atoms with E-state index in [-0.39, 0.29) is 30.9 Å². The second-order valence-electron chi connectivity index (χ2n) is 3.78. The fourth-order valence-electron chi connectivity index (χ4n) is 1.23. The van der Waals surface area contributed by atoms with Gasteiger partial charge >= 0.3 is 0 Å². The minimum atomic E-state index is -0.0185. The van der Waals surface area contributed by atoms with Crippen LogP contribution in [0.4, 0.5) is 0 Å². The Morgan fingerprint density at radius 2 is 2.24 bits per heavy atom. The number of carbonyl (C=O) groups is 1. The molecule has 2 N–H and O–H groups in total. The van der Waals surface area contributed by atoms with Crippen LogP contribution in [0.25, 0.3) is 0 Å². The van der Waals surface area contributed by atoms with Crippen molar-refractivity contribution in [2.45, 2.75) is 26.4 Å². The Morgan fingerprint density at radius 1 is 1.53 bits per heavy atom. The van der Waals surface area contributed by atoms with Crippen LogP contribution < -0.4 is 10.6 Å². The normalized spacial score (nSPS) is 9.88. The number of hydrogen-bond acceptors (Lipinski definition) is 3. The van der Waals surface area contributed by atoms with Crippen LogP contribution in [0.15, 0.2) is 18.3 Å². The van der Waals surface area contributed by atoms with Gasteiger partial charge < -0.3 is 10.6 Å². The molecule has 17 heavy (non-hydrogen) atoms. The molecule has 0 unspecified atom stereocenters. The summed E-state index contributed by atoms with van der Waals surface area (Å²) in [5.74, 6) is -0.0185. The molecule has 0 spiro atoms. The highest BCUT2D eigenvalue weighted by Crippen LogP contribution is 2.10. The van der Waals surface area contributed by atoms with E-state index in [1.165, 1.54) is 0 Å². The van der Waals surface area contributed by atoms with Crippen LogP contribution >= 0.6 is 24.0 Å². The summed E-state index contributed by atoms with van der Waals surface area (Å²) in [4.78, 5) is 15.3. The highest BCUT2D eigenvalue weighted by Gasteiger charge is 2.03. The minimum absolute atomic E-state index is 0. The van der Waals surface area contributed by atoms with Crippen LogP contribution in [-0.2, 0) is 11.3 Å². The molecule has 1 aromatic heterocycles. The lowest BCUT2D eigenvalue weighted by molar-refractivity contribution is -0.120. The molecule has 1 amide bonds. The van der Waals surface area contributed by atoms with Gasteiger partial charge in [-0.25, -0.2) is 4.98 Å². The van der Waals surface area contributed by atoms with E-state index in [4.69, 9.17) is 11.6 Å². The zero-order valence-electron chi connectivity index (χ0n) is 9.87. The van der Waals surface area contributed by atoms with Crippen LogP contribution in [0.2, 0.25) is 5.15 Å². The second kappa shape index (κ2) is 8.28. The maximum atomic E-state index is 11.3. The molecule has 4 nitrogen and oxygen atoms in total. The van der Waals surface area contributed by atoms with Crippen molar-refractivity contribution >= 4 is 29.9 Å². The van der Waals surface area contributed by atoms with Gasteiger partial charge in [0.1, 0.15) is 5.15 Å². The van der Waals surface area contributed by atoms with Gasteiger partial charge in [0.15, 0.2) is 0 Å². The molecule has 0 radical (unpaired) electrons. The lowest BCUT2D eigenvalue weighted by Gasteiger charge is -2.09. The molecule has 0 aliphatic carbocycles. The first-order valence-corrected chi connectivity index (χ1v) is 5.57. The third-order valence-corrected chi connectivity index (χ3v) is 2.23. The second-order valence-corrected chi connectivity index (χ2v) is 4.14. The fraction of sp³-hybridized carbons (Fsp3) is 0.455. The zero-order chi connectivity index (χ0) is 12.0. The molecule has 96 valence electrons. The first kappa shape index (κ1) is 16.2. The molecule has 0 aliphatic rings. The Bertz CT molecular complexity index is 358. The molecular weight excluding hydrogens is 261 g/mol. The molecule has 1 heterocycles. The average Bonchev–Trinajstić information content (AvgIpc) is 2.19. The quantitative estimate of drug-likeness (QED) is 0.807. The number of amides is 1. The van der Waals surface area contributed by atoms with E-state index in [0.29, 0.717) is 11.7 Å². The number of rotatable bonds is 5. The van der Waals surface area contributed by atoms with Crippen molar-refractivity contribution in [2.75, 3.05) is 6.54 Å². The third kappa shape index (κ3) is 6.46. The lowest BCUT2D eigenvalue weighted by Crippen LogP contribution is -2.37. The summed E-state index contributed by atoms with van der Waals surface area (Å²) in [5, 5.41) is 6.28. The number of halogens is 2. The molecular formula is C11H17Cl2N3O. The minimum Gasteiger partial charge on any atom is -0.353 e. The predicted octanol–water partition coefficient (Wildman–Crippen LogP) is 1.77. The molecule has 0 aromatic carbocycles. The first-order chi connectivity index (χ1) is 7.59. The predicted molar refractivity (Wildman–Crippen MR) is 71.5 cm³/mol. The molecule has 1 rings (SSSR count). The smallest absolute Gasteiger partial charge is 0.234 e. The van der Waals surface area contributed by atoms with Gasteiger partial charge in [0.25, 0.3) is 0 Å². The van der Waals surface area contributed by atoms with E-state index in [0.717, 1.165) is 5.56 Å². The summed E-state index contributed by atoms with van der Waals surface area (Å²) in [7, 11) is 0. The van der Waals surface area contributed by atoms with Crippen molar-refractivity contribution in [2.24, 2.45) is 0 Å². The van der Waals surface area contributed by atoms with Gasteiger partial charge in [-0.1, -0.05) is 17.7 Å². The van der Waals surface area contributed by atoms with Crippen LogP contribution in [-0.4, -0.2) is 23.5 Å². The van der Waals surface area contributed by atoms with E-state index in [1.54, 1.807) is 6.20 Å². The van der Waals surface area contributed by atoms with Crippen LogP contribution in [0, 0.1) is 0 Å². The summed E-state index contributed by atoms with van der Waals surface area (Å²) in [5.41, 5.74) is 0.890. The monoisotopic (exact) mass is 277 g/mol. The van der Waals surface area contributed by atoms with Gasteiger partial charge in [0, 0.05) is 24.3 Å². The van der Waals surface area contributed by atoms with Crippen molar-refractivity contribution in [3.63, 3.8) is 0 Å². The van der Waals surface area contributed by atoms with Gasteiger partial charge in [-0.2, -0.15) is 0 Å². The average molecular weight is 278 g/mol. The molecule has 0 saturated heterocycles. The molecule has 0 aliphatic heterocycles. The van der Waals surface area contributed by atoms with E-state index in [2.05, 4.69) is 15.6 Å². The number of hydrogen-bond donors (Lipinski definition) is 2. The number of pyridine rings is 1. The molecule has 0 atom stereocenters. The maximum Gasteiger partial charge on any atom is 0.234 e. The number of nitrogens with one attached hydrogen (secondary N) is 2. The SMILES string of the molecule is CC(C)NC(=O)CNCc1cccnc1Cl.Cl. The summed E-state index contributed by atoms with van der Waals surface area (Å²) in [6.07, 6.45) is 1.64. The van der Waals surface area contributed by atoms with Gasteiger partial charge in [0.05, 0.1) is 6.54 Å². The molecule has 0 bridgehead atoms. The Hall–Kier alpha value is -0.840. The zero-order valence-corrected chi connectivity index (χ0v) is 11.4. The van der Waals surface area contributed by atoms with E-state index < -0.39 is 0 Å². The summed E-state index contributed by atoms with van der Waals surface area (Å²) >= 11 is 5.87. The summed E-state index contributed by atoms with van der Waals surface area (Å²) < 4.78 is 0. The fourth-order valence-corrected chi connectivity index (χ4v) is 1.42. The van der Waals surface area contributed by atoms with Gasteiger partial charge in [-0.05, 0) is 19.9 Å². The number of carbonyl (C=O) groups excluding carboxylic acids is 1. The Balaban J connectivity index is 0.00000256.